The summed E-state index contributed by atoms with van der Waals surface area (Å²) in [6.45, 7) is 1.17. The van der Waals surface area contributed by atoms with Gasteiger partial charge >= 0.3 is 0 Å². The molecule has 3 N–H and O–H groups in total. The highest BCUT2D eigenvalue weighted by Gasteiger charge is 2.45. The van der Waals surface area contributed by atoms with Crippen molar-refractivity contribution in [1.29, 1.82) is 0 Å². The SMILES string of the molecule is O=C1CCC(N2C(=O)c3ccc(C4(CO)CNCCO4)cc3C2=O)C(=O)N1. The van der Waals surface area contributed by atoms with Gasteiger partial charge in [-0.05, 0) is 24.1 Å². The van der Waals surface area contributed by atoms with Crippen molar-refractivity contribution >= 4 is 23.6 Å². The number of aliphatic hydroxyl groups excluding tert-OH is 1. The molecule has 27 heavy (non-hydrogen) atoms. The van der Waals surface area contributed by atoms with E-state index < -0.39 is 35.3 Å². The van der Waals surface area contributed by atoms with Gasteiger partial charge in [-0.1, -0.05) is 6.07 Å². The minimum absolute atomic E-state index is 0.0716. The number of hydrogen-bond acceptors (Lipinski definition) is 7. The highest BCUT2D eigenvalue weighted by atomic mass is 16.5. The second kappa shape index (κ2) is 6.52. The third-order valence-corrected chi connectivity index (χ3v) is 5.29. The van der Waals surface area contributed by atoms with E-state index in [1.165, 1.54) is 6.07 Å². The van der Waals surface area contributed by atoms with Crippen molar-refractivity contribution in [2.24, 2.45) is 0 Å². The summed E-state index contributed by atoms with van der Waals surface area (Å²) in [5, 5.41) is 15.2. The number of morpholine rings is 1. The van der Waals surface area contributed by atoms with E-state index in [1.807, 2.05) is 0 Å². The Balaban J connectivity index is 1.68. The maximum Gasteiger partial charge on any atom is 0.262 e. The number of hydrogen-bond donors (Lipinski definition) is 3. The lowest BCUT2D eigenvalue weighted by atomic mass is 9.90. The first-order valence-corrected chi connectivity index (χ1v) is 8.78. The summed E-state index contributed by atoms with van der Waals surface area (Å²) in [4.78, 5) is 50.0. The number of nitrogens with one attached hydrogen (secondary N) is 2. The van der Waals surface area contributed by atoms with E-state index in [4.69, 9.17) is 4.74 Å². The molecule has 2 fully saturated rings. The van der Waals surface area contributed by atoms with Gasteiger partial charge < -0.3 is 15.2 Å². The maximum absolute atomic E-state index is 12.9. The van der Waals surface area contributed by atoms with Crippen LogP contribution in [-0.4, -0.2) is 66.0 Å². The summed E-state index contributed by atoms with van der Waals surface area (Å²) in [5.74, 6) is -2.20. The summed E-state index contributed by atoms with van der Waals surface area (Å²) in [6.07, 6.45) is 0.179. The Hall–Kier alpha value is -2.62. The molecule has 0 radical (unpaired) electrons. The number of benzene rings is 1. The number of rotatable bonds is 3. The van der Waals surface area contributed by atoms with Gasteiger partial charge in [-0.25, -0.2) is 0 Å². The Labute approximate surface area is 154 Å². The molecule has 3 aliphatic heterocycles. The predicted molar refractivity (Wildman–Crippen MR) is 90.7 cm³/mol. The molecule has 142 valence electrons. The van der Waals surface area contributed by atoms with Crippen LogP contribution in [0.5, 0.6) is 0 Å². The molecule has 0 saturated carbocycles. The summed E-state index contributed by atoms with van der Waals surface area (Å²) >= 11 is 0. The molecule has 0 spiro atoms. The van der Waals surface area contributed by atoms with Crippen molar-refractivity contribution in [2.45, 2.75) is 24.5 Å². The Morgan fingerprint density at radius 3 is 2.63 bits per heavy atom. The van der Waals surface area contributed by atoms with Gasteiger partial charge in [0.25, 0.3) is 11.8 Å². The minimum Gasteiger partial charge on any atom is -0.393 e. The van der Waals surface area contributed by atoms with E-state index >= 15 is 0 Å². The second-order valence-corrected chi connectivity index (χ2v) is 6.89. The Bertz CT molecular complexity index is 845. The normalized spacial score (nSPS) is 28.3. The van der Waals surface area contributed by atoms with Gasteiger partial charge in [-0.15, -0.1) is 0 Å². The molecule has 3 aliphatic rings. The van der Waals surface area contributed by atoms with Crippen LogP contribution in [-0.2, 0) is 19.9 Å². The van der Waals surface area contributed by atoms with Crippen LogP contribution in [0, 0.1) is 0 Å². The van der Waals surface area contributed by atoms with Crippen LogP contribution in [0.2, 0.25) is 0 Å². The fourth-order valence-electron chi connectivity index (χ4n) is 3.79. The first-order valence-electron chi connectivity index (χ1n) is 8.78. The van der Waals surface area contributed by atoms with Crippen LogP contribution < -0.4 is 10.6 Å². The maximum atomic E-state index is 12.9. The molecular formula is C18H19N3O6. The van der Waals surface area contributed by atoms with E-state index in [0.29, 0.717) is 25.3 Å². The number of imide groups is 2. The fourth-order valence-corrected chi connectivity index (χ4v) is 3.79. The third-order valence-electron chi connectivity index (χ3n) is 5.29. The lowest BCUT2D eigenvalue weighted by Gasteiger charge is -2.36. The third kappa shape index (κ3) is 2.75. The van der Waals surface area contributed by atoms with Crippen LogP contribution in [0.4, 0.5) is 0 Å². The summed E-state index contributed by atoms with van der Waals surface area (Å²) in [6, 6.07) is 3.72. The molecular weight excluding hydrogens is 354 g/mol. The molecule has 0 aromatic heterocycles. The van der Waals surface area contributed by atoms with Gasteiger partial charge in [-0.2, -0.15) is 0 Å². The molecule has 0 bridgehead atoms. The van der Waals surface area contributed by atoms with Crippen LogP contribution in [0.25, 0.3) is 0 Å². The van der Waals surface area contributed by atoms with Gasteiger partial charge in [0.15, 0.2) is 0 Å². The zero-order chi connectivity index (χ0) is 19.2. The smallest absolute Gasteiger partial charge is 0.262 e. The van der Waals surface area contributed by atoms with Crippen molar-refractivity contribution in [2.75, 3.05) is 26.3 Å². The Morgan fingerprint density at radius 2 is 1.96 bits per heavy atom. The monoisotopic (exact) mass is 373 g/mol. The summed E-state index contributed by atoms with van der Waals surface area (Å²) in [5.41, 5.74) is -0.0321. The van der Waals surface area contributed by atoms with E-state index in [2.05, 4.69) is 10.6 Å². The van der Waals surface area contributed by atoms with E-state index in [-0.39, 0.29) is 30.6 Å². The highest BCUT2D eigenvalue weighted by Crippen LogP contribution is 2.33. The van der Waals surface area contributed by atoms with Crippen molar-refractivity contribution in [3.8, 4) is 0 Å². The van der Waals surface area contributed by atoms with E-state index in [9.17, 15) is 24.3 Å². The van der Waals surface area contributed by atoms with Crippen molar-refractivity contribution in [3.05, 3.63) is 34.9 Å². The molecule has 1 aromatic rings. The fraction of sp³-hybridized carbons (Fsp3) is 0.444. The quantitative estimate of drug-likeness (QED) is 0.574. The van der Waals surface area contributed by atoms with Gasteiger partial charge in [0.1, 0.15) is 11.6 Å². The van der Waals surface area contributed by atoms with E-state index in [0.717, 1.165) is 4.90 Å². The topological polar surface area (TPSA) is 125 Å². The van der Waals surface area contributed by atoms with Crippen molar-refractivity contribution in [1.82, 2.24) is 15.5 Å². The number of amides is 4. The number of fused-ring (bicyclic) bond motifs is 1. The largest absolute Gasteiger partial charge is 0.393 e. The van der Waals surface area contributed by atoms with Crippen LogP contribution in [0.1, 0.15) is 39.1 Å². The molecule has 3 heterocycles. The van der Waals surface area contributed by atoms with Crippen molar-refractivity contribution in [3.63, 3.8) is 0 Å². The minimum atomic E-state index is -1.00. The van der Waals surface area contributed by atoms with Crippen molar-refractivity contribution < 1.29 is 29.0 Å². The van der Waals surface area contributed by atoms with Crippen LogP contribution in [0.15, 0.2) is 18.2 Å². The van der Waals surface area contributed by atoms with Gasteiger partial charge in [0, 0.05) is 19.5 Å². The zero-order valence-electron chi connectivity index (χ0n) is 14.5. The Morgan fingerprint density at radius 1 is 1.19 bits per heavy atom. The number of ether oxygens (including phenoxy) is 1. The first kappa shape index (κ1) is 17.8. The number of piperidine rings is 1. The average Bonchev–Trinajstić information content (AvgIpc) is 2.93. The molecule has 2 unspecified atom stereocenters. The summed E-state index contributed by atoms with van der Waals surface area (Å²) < 4.78 is 5.77. The lowest BCUT2D eigenvalue weighted by molar-refractivity contribution is -0.136. The molecule has 1 aromatic carbocycles. The first-order chi connectivity index (χ1) is 13.0. The molecule has 9 heteroatoms. The zero-order valence-corrected chi connectivity index (χ0v) is 14.5. The summed E-state index contributed by atoms with van der Waals surface area (Å²) in [7, 11) is 0. The van der Waals surface area contributed by atoms with E-state index in [1.54, 1.807) is 12.1 Å². The average molecular weight is 373 g/mol. The lowest BCUT2D eigenvalue weighted by Crippen LogP contribution is -2.54. The van der Waals surface area contributed by atoms with Gasteiger partial charge in [-0.3, -0.25) is 29.4 Å². The van der Waals surface area contributed by atoms with Crippen LogP contribution in [0.3, 0.4) is 0 Å². The van der Waals surface area contributed by atoms with Gasteiger partial charge in [0.2, 0.25) is 11.8 Å². The number of carbonyl (C=O) groups excluding carboxylic acids is 4. The predicted octanol–water partition coefficient (Wildman–Crippen LogP) is -1.10. The van der Waals surface area contributed by atoms with Gasteiger partial charge in [0.05, 0.1) is 24.3 Å². The standard InChI is InChI=1S/C18H19N3O6/c22-9-18(8-19-5-6-27-18)10-1-2-11-12(7-10)17(26)21(16(11)25)13-3-4-14(23)20-15(13)24/h1-2,7,13,19,22H,3-6,8-9H2,(H,20,23,24). The number of nitrogens with zero attached hydrogens (tertiary/aromatic N) is 1. The second-order valence-electron chi connectivity index (χ2n) is 6.89. The van der Waals surface area contributed by atoms with Crippen LogP contribution >= 0.6 is 0 Å². The highest BCUT2D eigenvalue weighted by molar-refractivity contribution is 6.23. The molecule has 0 aliphatic carbocycles. The molecule has 4 amide bonds. The Kier molecular flexibility index (Phi) is 4.29. The number of carbonyl (C=O) groups is 4. The molecule has 2 atom stereocenters. The number of aliphatic hydroxyl groups is 1. The molecule has 9 nitrogen and oxygen atoms in total. The molecule has 4 rings (SSSR count). The molecule has 2 saturated heterocycles.